The van der Waals surface area contributed by atoms with E-state index in [1.165, 1.54) is 12.8 Å². The van der Waals surface area contributed by atoms with Gasteiger partial charge in [0.15, 0.2) is 0 Å². The number of nitrogens with zero attached hydrogens (tertiary/aromatic N) is 2. The van der Waals surface area contributed by atoms with Gasteiger partial charge in [0, 0.05) is 68.0 Å². The standard InChI is InChI=1S/C66H86N4O8/c1-63(2)51-47-39-27-28-40(67-39)48(52-56(64(52,3)4)60(72)76-36-24-20-16-12-9-11-15-19-23-35-75-59(71)55(51)63)45-33-34-46(70-45)50-42-30-29-41(68-42)49(44-32-31-43(47)69-44)53-57(65(53,5)6)61(73)77-37-25-21-17-13-10-14-18-22-26-38-78-62(74)58-54(50)66(58,7)8/h27-34,51-58,69-70H,9-26,35-38H2,1-8H3/t51-,52-,53-,54-,55-,56-,57-,58-/m0/s1. The fourth-order valence-corrected chi connectivity index (χ4v) is 15.0. The Hall–Kier alpha value is -5.52. The lowest BCUT2D eigenvalue weighted by atomic mass is 10.0. The first-order valence-electron chi connectivity index (χ1n) is 30.3. The zero-order chi connectivity index (χ0) is 54.7. The van der Waals surface area contributed by atoms with Gasteiger partial charge in [0.25, 0.3) is 0 Å². The van der Waals surface area contributed by atoms with Crippen molar-refractivity contribution in [2.75, 3.05) is 26.4 Å². The van der Waals surface area contributed by atoms with Crippen LogP contribution in [0.5, 0.6) is 0 Å². The number of esters is 4. The summed E-state index contributed by atoms with van der Waals surface area (Å²) in [5.74, 6) is -3.19. The summed E-state index contributed by atoms with van der Waals surface area (Å²) in [6, 6.07) is 8.41. The van der Waals surface area contributed by atoms with Crippen LogP contribution in [0.15, 0.2) is 24.3 Å². The van der Waals surface area contributed by atoms with E-state index in [0.717, 1.165) is 170 Å². The second-order valence-electron chi connectivity index (χ2n) is 26.8. The third-order valence-electron chi connectivity index (χ3n) is 20.0. The molecule has 12 nitrogen and oxygen atoms in total. The fraction of sp³-hybridized carbons (Fsp3) is 0.636. The second kappa shape index (κ2) is 21.5. The first-order chi connectivity index (χ1) is 37.5. The summed E-state index contributed by atoms with van der Waals surface area (Å²) in [4.78, 5) is 76.3. The Morgan fingerprint density at radius 1 is 0.321 bits per heavy atom. The Balaban J connectivity index is 1.13. The summed E-state index contributed by atoms with van der Waals surface area (Å²) in [6.07, 6.45) is 27.1. The number of cyclic esters (lactones) is 4. The molecule has 3 aromatic rings. The predicted molar refractivity (Wildman–Crippen MR) is 306 cm³/mol. The number of hydrogen-bond donors (Lipinski definition) is 2. The first kappa shape index (κ1) is 54.4. The Kier molecular flexibility index (Phi) is 15.0. The summed E-state index contributed by atoms with van der Waals surface area (Å²) in [5, 5.41) is 0. The number of aromatic amines is 2. The van der Waals surface area contributed by atoms with Crippen molar-refractivity contribution in [1.82, 2.24) is 19.9 Å². The van der Waals surface area contributed by atoms with Crippen LogP contribution < -0.4 is 0 Å². The van der Waals surface area contributed by atoms with Gasteiger partial charge in [0.2, 0.25) is 0 Å². The van der Waals surface area contributed by atoms with Crippen LogP contribution in [0.1, 0.15) is 240 Å². The van der Waals surface area contributed by atoms with Gasteiger partial charge in [0.05, 0.1) is 72.9 Å². The number of nitrogens with one attached hydrogen (secondary N) is 2. The molecule has 0 radical (unpaired) electrons. The zero-order valence-electron chi connectivity index (χ0n) is 48.0. The van der Waals surface area contributed by atoms with Gasteiger partial charge < -0.3 is 28.9 Å². The van der Waals surface area contributed by atoms with Crippen LogP contribution >= 0.6 is 0 Å². The van der Waals surface area contributed by atoms with Gasteiger partial charge >= 0.3 is 23.9 Å². The molecular formula is C66H86N4O8. The van der Waals surface area contributed by atoms with Gasteiger partial charge in [0.1, 0.15) is 0 Å². The topological polar surface area (TPSA) is 163 Å². The van der Waals surface area contributed by atoms with Gasteiger partial charge in [-0.25, -0.2) is 9.97 Å². The van der Waals surface area contributed by atoms with E-state index in [-0.39, 0.29) is 47.5 Å². The molecule has 2 N–H and O–H groups in total. The highest BCUT2D eigenvalue weighted by molar-refractivity contribution is 5.91. The third kappa shape index (κ3) is 10.2. The van der Waals surface area contributed by atoms with Crippen molar-refractivity contribution >= 4 is 70.2 Å². The number of fused-ring (bicyclic) bond motifs is 16. The number of H-pyrrole nitrogens is 2. The van der Waals surface area contributed by atoms with Crippen LogP contribution in [-0.4, -0.2) is 70.2 Å². The van der Waals surface area contributed by atoms with Gasteiger partial charge in [-0.3, -0.25) is 19.2 Å². The van der Waals surface area contributed by atoms with E-state index in [1.54, 1.807) is 0 Å². The fourth-order valence-electron chi connectivity index (χ4n) is 15.0. The predicted octanol–water partition coefficient (Wildman–Crippen LogP) is 14.8. The maximum Gasteiger partial charge on any atom is 0.310 e. The summed E-state index contributed by atoms with van der Waals surface area (Å²) in [5.41, 5.74) is 8.28. The minimum absolute atomic E-state index is 0.178. The minimum Gasteiger partial charge on any atom is -0.465 e. The molecule has 4 fully saturated rings. The van der Waals surface area contributed by atoms with Crippen molar-refractivity contribution in [3.8, 4) is 0 Å². The maximum atomic E-state index is 14.3. The average Bonchev–Trinajstić information content (AvgIpc) is 4.15. The molecular weight excluding hydrogens is 977 g/mol. The van der Waals surface area contributed by atoms with Crippen molar-refractivity contribution in [3.63, 3.8) is 0 Å². The smallest absolute Gasteiger partial charge is 0.310 e. The van der Waals surface area contributed by atoms with Gasteiger partial charge in [-0.1, -0.05) is 145 Å². The number of carbonyl (C=O) groups is 4. The van der Waals surface area contributed by atoms with E-state index in [4.69, 9.17) is 28.9 Å². The molecule has 3 aromatic heterocycles. The van der Waals surface area contributed by atoms with E-state index < -0.39 is 45.3 Å². The summed E-state index contributed by atoms with van der Waals surface area (Å²) in [6.45, 7) is 18.9. The van der Waals surface area contributed by atoms with Crippen LogP contribution in [0, 0.1) is 45.3 Å². The molecule has 12 bridgehead atoms. The Morgan fingerprint density at radius 3 is 0.718 bits per heavy atom. The molecule has 78 heavy (non-hydrogen) atoms. The van der Waals surface area contributed by atoms with Crippen molar-refractivity contribution in [1.29, 1.82) is 0 Å². The van der Waals surface area contributed by atoms with Gasteiger partial charge in [-0.2, -0.15) is 0 Å². The molecule has 0 saturated heterocycles. The van der Waals surface area contributed by atoms with E-state index in [9.17, 15) is 19.2 Å². The van der Waals surface area contributed by atoms with Crippen LogP contribution in [0.2, 0.25) is 0 Å². The minimum atomic E-state index is -0.442. The summed E-state index contributed by atoms with van der Waals surface area (Å²) >= 11 is 0. The van der Waals surface area contributed by atoms with E-state index in [0.29, 0.717) is 26.4 Å². The molecule has 4 aliphatic carbocycles. The quantitative estimate of drug-likeness (QED) is 0.113. The zero-order valence-corrected chi connectivity index (χ0v) is 48.0. The molecule has 0 unspecified atom stereocenters. The Morgan fingerprint density at radius 2 is 0.513 bits per heavy atom. The highest BCUT2D eigenvalue weighted by Crippen LogP contribution is 2.70. The van der Waals surface area contributed by atoms with Gasteiger partial charge in [-0.15, -0.1) is 0 Å². The molecule has 0 aromatic carbocycles. The monoisotopic (exact) mass is 1060 g/mol. The number of ether oxygens (including phenoxy) is 4. The number of hydrogen-bond acceptors (Lipinski definition) is 10. The molecule has 12 heteroatoms. The molecule has 0 spiro atoms. The van der Waals surface area contributed by atoms with Crippen LogP contribution in [0.25, 0.3) is 46.4 Å². The molecule has 4 aliphatic heterocycles. The van der Waals surface area contributed by atoms with Crippen molar-refractivity contribution in [3.05, 3.63) is 69.3 Å². The SMILES string of the molecule is CC1(C)[C@@H]2C(=O)OCCCCCCCCCCCOC(=O)[C@@H]3[C@H](c4c5nc(c(c6ccc([nH]6)c6c7nc(c(c8ccc4[nH]8)[C@H]4[C@@H](C(=O)OCCCCCCCCCCCOC(=O)[C@@H]8[C@H]6C8(C)C)C4(C)C)C=C7)[C@@H]21)C=C5)C3(C)C. The third-order valence-corrected chi connectivity index (χ3v) is 20.0. The molecule has 0 amide bonds. The van der Waals surface area contributed by atoms with Crippen molar-refractivity contribution in [2.45, 2.75) is 195 Å². The Bertz CT molecular complexity index is 2670. The van der Waals surface area contributed by atoms with Crippen LogP contribution in [0.3, 0.4) is 0 Å². The number of rotatable bonds is 0. The molecule has 7 heterocycles. The maximum absolute atomic E-state index is 14.3. The van der Waals surface area contributed by atoms with Crippen molar-refractivity contribution in [2.24, 2.45) is 45.3 Å². The largest absolute Gasteiger partial charge is 0.465 e. The normalized spacial score (nSPS) is 30.3. The average molecular weight is 1060 g/mol. The lowest BCUT2D eigenvalue weighted by Gasteiger charge is -2.08. The number of carbonyl (C=O) groups excluding carboxylic acids is 4. The summed E-state index contributed by atoms with van der Waals surface area (Å²) < 4.78 is 24.5. The van der Waals surface area contributed by atoms with Gasteiger partial charge in [-0.05, 0) is 95.9 Å². The van der Waals surface area contributed by atoms with E-state index >= 15 is 0 Å². The first-order valence-corrected chi connectivity index (χ1v) is 30.3. The lowest BCUT2D eigenvalue weighted by molar-refractivity contribution is -0.147. The highest BCUT2D eigenvalue weighted by Gasteiger charge is 2.68. The number of aromatic nitrogens is 4. The second-order valence-corrected chi connectivity index (χ2v) is 26.8. The van der Waals surface area contributed by atoms with Crippen LogP contribution in [0.4, 0.5) is 0 Å². The van der Waals surface area contributed by atoms with Crippen molar-refractivity contribution < 1.29 is 38.1 Å². The molecule has 11 rings (SSSR count). The van der Waals surface area contributed by atoms with E-state index in [1.807, 2.05) is 0 Å². The molecule has 8 aliphatic rings. The van der Waals surface area contributed by atoms with E-state index in [2.05, 4.69) is 114 Å². The molecule has 4 saturated carbocycles. The Labute approximate surface area is 462 Å². The molecule has 418 valence electrons. The summed E-state index contributed by atoms with van der Waals surface area (Å²) in [7, 11) is 0. The highest BCUT2D eigenvalue weighted by atomic mass is 16.5. The molecule has 8 atom stereocenters. The lowest BCUT2D eigenvalue weighted by Crippen LogP contribution is -2.12. The van der Waals surface area contributed by atoms with Crippen LogP contribution in [-0.2, 0) is 38.1 Å².